The molecular formula is C39H36N3O3P. The summed E-state index contributed by atoms with van der Waals surface area (Å²) in [6.07, 6.45) is 5.99. The fraction of sp³-hybridized carbons (Fsp3) is 0. The lowest BCUT2D eigenvalue weighted by atomic mass is 10.2. The van der Waals surface area contributed by atoms with E-state index in [9.17, 15) is 0 Å². The Morgan fingerprint density at radius 1 is 0.304 bits per heavy atom. The first-order valence-corrected chi connectivity index (χ1v) is 15.6. The minimum Gasteiger partial charge on any atom is -0.854 e. The molecule has 0 fully saturated rings. The van der Waals surface area contributed by atoms with Crippen LogP contribution in [0.5, 0.6) is 0 Å². The van der Waals surface area contributed by atoms with Crippen molar-refractivity contribution in [2.24, 2.45) is 0 Å². The number of para-hydroxylation sites is 3. The Kier molecular flexibility index (Phi) is 16.9. The summed E-state index contributed by atoms with van der Waals surface area (Å²) < 4.78 is 0. The van der Waals surface area contributed by atoms with E-state index in [1.54, 1.807) is 0 Å². The van der Waals surface area contributed by atoms with Crippen molar-refractivity contribution in [1.82, 2.24) is 0 Å². The molecule has 0 saturated carbocycles. The summed E-state index contributed by atoms with van der Waals surface area (Å²) in [6, 6.07) is 61.0. The first-order chi connectivity index (χ1) is 22.6. The van der Waals surface area contributed by atoms with Crippen LogP contribution in [0.2, 0.25) is 0 Å². The van der Waals surface area contributed by atoms with Crippen LogP contribution in [0.25, 0.3) is 0 Å². The molecule has 0 amide bonds. The molecule has 0 radical (unpaired) electrons. The highest BCUT2D eigenvalue weighted by molar-refractivity contribution is 7.33. The topological polar surface area (TPSA) is 111 Å². The fourth-order valence-electron chi connectivity index (χ4n) is 3.75. The zero-order valence-electron chi connectivity index (χ0n) is 25.2. The molecule has 0 aromatic heterocycles. The van der Waals surface area contributed by atoms with E-state index in [0.717, 1.165) is 17.1 Å². The molecule has 0 bridgehead atoms. The van der Waals surface area contributed by atoms with Gasteiger partial charge < -0.3 is 23.3 Å². The Morgan fingerprint density at radius 2 is 0.478 bits per heavy atom. The third-order valence-electron chi connectivity index (χ3n) is 5.94. The van der Waals surface area contributed by atoms with Gasteiger partial charge in [-0.25, -0.2) is 15.0 Å². The van der Waals surface area contributed by atoms with E-state index in [1.807, 2.05) is 164 Å². The molecule has 7 heteroatoms. The molecule has 0 spiro atoms. The van der Waals surface area contributed by atoms with Crippen LogP contribution in [0.15, 0.2) is 182 Å². The molecule has 46 heavy (non-hydrogen) atoms. The van der Waals surface area contributed by atoms with Crippen LogP contribution in [0.4, 0.5) is 17.1 Å². The third kappa shape index (κ3) is 16.5. The van der Waals surface area contributed by atoms with Crippen molar-refractivity contribution < 1.29 is 29.7 Å². The van der Waals surface area contributed by atoms with Crippen LogP contribution in [0.1, 0.15) is 16.7 Å². The van der Waals surface area contributed by atoms with Gasteiger partial charge in [0.2, 0.25) is 17.1 Å². The van der Waals surface area contributed by atoms with Gasteiger partial charge in [0.15, 0.2) is 18.6 Å². The van der Waals surface area contributed by atoms with Crippen LogP contribution in [0, 0.1) is 0 Å². The zero-order valence-corrected chi connectivity index (χ0v) is 26.1. The summed E-state index contributed by atoms with van der Waals surface area (Å²) >= 11 is 0. The van der Waals surface area contributed by atoms with Crippen molar-refractivity contribution in [1.29, 1.82) is 0 Å². The van der Waals surface area contributed by atoms with Crippen LogP contribution in [-0.2, 0) is 0 Å². The van der Waals surface area contributed by atoms with E-state index >= 15 is 0 Å². The molecule has 0 atom stereocenters. The van der Waals surface area contributed by atoms with Gasteiger partial charge in [-0.3, -0.25) is 0 Å². The Hall–Kier alpha value is -5.36. The van der Waals surface area contributed by atoms with E-state index < -0.39 is 8.60 Å². The summed E-state index contributed by atoms with van der Waals surface area (Å²) in [7, 11) is -3.37. The highest BCUT2D eigenvalue weighted by Gasteiger charge is 1.94. The van der Waals surface area contributed by atoms with Crippen LogP contribution < -0.4 is 29.7 Å². The van der Waals surface area contributed by atoms with E-state index in [2.05, 4.69) is 51.4 Å². The van der Waals surface area contributed by atoms with Gasteiger partial charge in [0.05, 0.1) is 0 Å². The second kappa shape index (κ2) is 22.2. The molecule has 6 aromatic rings. The maximum atomic E-state index is 8.48. The maximum Gasteiger partial charge on any atom is 0.203 e. The van der Waals surface area contributed by atoms with Gasteiger partial charge in [0.25, 0.3) is 0 Å². The second-order valence-electron chi connectivity index (χ2n) is 9.42. The van der Waals surface area contributed by atoms with E-state index in [-0.39, 0.29) is 0 Å². The number of nitrogens with one attached hydrogen (secondary N) is 3. The lowest BCUT2D eigenvalue weighted by Gasteiger charge is -2.39. The number of hydrogen-bond acceptors (Lipinski definition) is 3. The van der Waals surface area contributed by atoms with Gasteiger partial charge in [-0.15, -0.1) is 0 Å². The maximum absolute atomic E-state index is 8.48. The van der Waals surface area contributed by atoms with Gasteiger partial charge in [-0.2, -0.15) is 0 Å². The molecule has 0 saturated heterocycles. The van der Waals surface area contributed by atoms with Gasteiger partial charge in [-0.05, 0) is 36.4 Å². The summed E-state index contributed by atoms with van der Waals surface area (Å²) in [6.45, 7) is 0. The highest BCUT2D eigenvalue weighted by Crippen LogP contribution is 1.98. The monoisotopic (exact) mass is 625 g/mol. The van der Waals surface area contributed by atoms with Crippen LogP contribution in [0.3, 0.4) is 0 Å². The Bertz CT molecular complexity index is 1360. The molecule has 0 aliphatic rings. The van der Waals surface area contributed by atoms with E-state index in [1.165, 1.54) is 16.7 Å². The number of hydrogen-bond donors (Lipinski definition) is 3. The van der Waals surface area contributed by atoms with Gasteiger partial charge in [0.1, 0.15) is 0 Å². The molecule has 0 heterocycles. The van der Waals surface area contributed by atoms with Crippen LogP contribution >= 0.6 is 8.60 Å². The van der Waals surface area contributed by atoms with Crippen molar-refractivity contribution in [3.8, 4) is 0 Å². The van der Waals surface area contributed by atoms with Crippen molar-refractivity contribution in [3.05, 3.63) is 199 Å². The highest BCUT2D eigenvalue weighted by atomic mass is 31.2. The second-order valence-corrected chi connectivity index (χ2v) is 9.87. The minimum absolute atomic E-state index is 1.11. The van der Waals surface area contributed by atoms with Crippen LogP contribution in [-0.4, -0.2) is 18.6 Å². The predicted octanol–water partition coefficient (Wildman–Crippen LogP) is 1.85. The molecular weight excluding hydrogens is 589 g/mol. The van der Waals surface area contributed by atoms with Crippen molar-refractivity contribution >= 4 is 44.3 Å². The SMILES string of the molecule is C(=[NH+]c1ccccc1)c1ccccc1.C(=[NH+]c1ccccc1)c1ccccc1.C(=[NH+]c1ccccc1)c1ccccc1.[O-]P([O-])[O-]. The quantitative estimate of drug-likeness (QED) is 0.194. The molecule has 6 rings (SSSR count). The van der Waals surface area contributed by atoms with Gasteiger partial charge >= 0.3 is 0 Å². The third-order valence-corrected chi connectivity index (χ3v) is 5.94. The van der Waals surface area contributed by atoms with Crippen molar-refractivity contribution in [2.45, 2.75) is 0 Å². The average molecular weight is 626 g/mol. The first kappa shape index (κ1) is 35.1. The normalized spacial score (nSPS) is 10.4. The lowest BCUT2D eigenvalue weighted by Crippen LogP contribution is -2.61. The summed E-state index contributed by atoms with van der Waals surface area (Å²) in [5.41, 5.74) is 6.85. The molecule has 3 N–H and O–H groups in total. The molecule has 6 nitrogen and oxygen atoms in total. The summed E-state index contributed by atoms with van der Waals surface area (Å²) in [5, 5.41) is 0. The first-order valence-electron chi connectivity index (χ1n) is 14.5. The molecule has 6 aromatic carbocycles. The molecule has 230 valence electrons. The lowest BCUT2D eigenvalue weighted by molar-refractivity contribution is -0.407. The Morgan fingerprint density at radius 3 is 0.674 bits per heavy atom. The fourth-order valence-corrected chi connectivity index (χ4v) is 3.75. The van der Waals surface area contributed by atoms with Gasteiger partial charge in [0, 0.05) is 53.1 Å². The van der Waals surface area contributed by atoms with E-state index in [0.29, 0.717) is 0 Å². The zero-order chi connectivity index (χ0) is 32.5. The number of benzene rings is 6. The molecule has 0 aliphatic heterocycles. The molecule has 0 aliphatic carbocycles. The van der Waals surface area contributed by atoms with Crippen molar-refractivity contribution in [2.75, 3.05) is 0 Å². The average Bonchev–Trinajstić information content (AvgIpc) is 3.12. The van der Waals surface area contributed by atoms with Gasteiger partial charge in [-0.1, -0.05) is 109 Å². The van der Waals surface area contributed by atoms with Crippen molar-refractivity contribution in [3.63, 3.8) is 0 Å². The number of rotatable bonds is 6. The Balaban J connectivity index is 0.000000177. The summed E-state index contributed by atoms with van der Waals surface area (Å²) in [5.74, 6) is 0. The smallest absolute Gasteiger partial charge is 0.203 e. The summed E-state index contributed by atoms with van der Waals surface area (Å²) in [4.78, 5) is 35.2. The Labute approximate surface area is 272 Å². The predicted molar refractivity (Wildman–Crippen MR) is 183 cm³/mol. The standard InChI is InChI=1S/3C13H11N.O3P/c3*1-3-7-12(8-4-1)11-14-13-9-5-2-6-10-13;1-4(2)3/h3*1-11H;/q;;;-3/p+3. The minimum atomic E-state index is -3.37. The molecule has 0 unspecified atom stereocenters. The van der Waals surface area contributed by atoms with E-state index in [4.69, 9.17) is 14.7 Å². The largest absolute Gasteiger partial charge is 0.854 e.